The van der Waals surface area contributed by atoms with Gasteiger partial charge in [-0.3, -0.25) is 9.52 Å². The van der Waals surface area contributed by atoms with Crippen LogP contribution in [0.15, 0.2) is 42.5 Å². The minimum atomic E-state index is -3.29. The number of unbranched alkanes of at least 4 members (excludes halogenated alkanes) is 4. The Kier molecular flexibility index (Phi) is 17.8. The number of sulfonamides is 1. The van der Waals surface area contributed by atoms with Gasteiger partial charge in [0.15, 0.2) is 0 Å². The zero-order chi connectivity index (χ0) is 29.8. The predicted octanol–water partition coefficient (Wildman–Crippen LogP) is 3.15. The zero-order valence-electron chi connectivity index (χ0n) is 23.3. The summed E-state index contributed by atoms with van der Waals surface area (Å²) < 4.78 is 36.3. The molecule has 0 heterocycles. The maximum atomic E-state index is 11.3. The fourth-order valence-electron chi connectivity index (χ4n) is 3.63. The highest BCUT2D eigenvalue weighted by atomic mass is 32.2. The first-order valence-corrected chi connectivity index (χ1v) is 15.1. The van der Waals surface area contributed by atoms with Gasteiger partial charge in [-0.15, -0.1) is 0 Å². The first-order valence-electron chi connectivity index (χ1n) is 13.2. The molecule has 12 heteroatoms. The van der Waals surface area contributed by atoms with E-state index < -0.39 is 22.1 Å². The standard InChI is InChI=1S/C26H40N2O7S.C2H4O2/c1-36(32,33)28-24-9-7-8-21(16-24)20-35-15-14-34-13-6-4-2-3-5-12-27-18-26(31)22-10-11-25(30)23(17-22)19-29;1-2(3)4/h7-11,16-17,26-31H,2-6,12-15,18-20H2,1H3;1H3,(H,3,4)/t26-;/m0./s1. The molecular formula is C28H44N2O9S. The van der Waals surface area contributed by atoms with Crippen LogP contribution in [0.4, 0.5) is 5.69 Å². The van der Waals surface area contributed by atoms with E-state index in [2.05, 4.69) is 10.0 Å². The van der Waals surface area contributed by atoms with Crippen molar-refractivity contribution in [2.75, 3.05) is 43.9 Å². The molecule has 11 nitrogen and oxygen atoms in total. The van der Waals surface area contributed by atoms with Gasteiger partial charge in [0, 0.05) is 31.3 Å². The molecule has 0 saturated heterocycles. The lowest BCUT2D eigenvalue weighted by Crippen LogP contribution is -2.22. The average molecular weight is 585 g/mol. The largest absolute Gasteiger partial charge is 0.508 e. The van der Waals surface area contributed by atoms with E-state index in [-0.39, 0.29) is 12.4 Å². The quantitative estimate of drug-likeness (QED) is 0.135. The lowest BCUT2D eigenvalue weighted by atomic mass is 10.1. The summed E-state index contributed by atoms with van der Waals surface area (Å²) in [5.74, 6) is -0.801. The molecule has 0 saturated carbocycles. The van der Waals surface area contributed by atoms with E-state index in [0.29, 0.717) is 49.8 Å². The van der Waals surface area contributed by atoms with Gasteiger partial charge in [-0.2, -0.15) is 0 Å². The van der Waals surface area contributed by atoms with Gasteiger partial charge in [-0.25, -0.2) is 8.42 Å². The zero-order valence-corrected chi connectivity index (χ0v) is 24.2. The van der Waals surface area contributed by atoms with Gasteiger partial charge in [-0.1, -0.05) is 37.5 Å². The number of hydrogen-bond acceptors (Lipinski definition) is 9. The Labute approximate surface area is 237 Å². The number of aliphatic carboxylic acids is 1. The maximum absolute atomic E-state index is 11.3. The Morgan fingerprint density at radius 3 is 2.35 bits per heavy atom. The van der Waals surface area contributed by atoms with Gasteiger partial charge >= 0.3 is 0 Å². The lowest BCUT2D eigenvalue weighted by molar-refractivity contribution is -0.134. The van der Waals surface area contributed by atoms with Crippen molar-refractivity contribution in [1.29, 1.82) is 0 Å². The summed E-state index contributed by atoms with van der Waals surface area (Å²) in [6.07, 6.45) is 5.79. The van der Waals surface area contributed by atoms with Crippen LogP contribution in [0.3, 0.4) is 0 Å². The first-order chi connectivity index (χ1) is 19.0. The van der Waals surface area contributed by atoms with Crippen LogP contribution in [0.5, 0.6) is 5.75 Å². The molecule has 0 aliphatic carbocycles. The van der Waals surface area contributed by atoms with Crippen molar-refractivity contribution in [1.82, 2.24) is 5.32 Å². The number of carbonyl (C=O) groups is 1. The number of hydrogen-bond donors (Lipinski definition) is 6. The van der Waals surface area contributed by atoms with Crippen molar-refractivity contribution in [3.63, 3.8) is 0 Å². The molecule has 0 unspecified atom stereocenters. The van der Waals surface area contributed by atoms with Crippen LogP contribution >= 0.6 is 0 Å². The Balaban J connectivity index is 0.00000187. The Hall–Kier alpha value is -2.74. The molecule has 0 aliphatic heterocycles. The molecule has 1 atom stereocenters. The number of phenols is 1. The molecule has 2 aromatic carbocycles. The second kappa shape index (κ2) is 20.2. The van der Waals surface area contributed by atoms with Crippen LogP contribution in [0.1, 0.15) is 61.8 Å². The molecule has 0 radical (unpaired) electrons. The lowest BCUT2D eigenvalue weighted by Gasteiger charge is -2.14. The Bertz CT molecular complexity index is 1090. The van der Waals surface area contributed by atoms with E-state index in [9.17, 15) is 23.7 Å². The highest BCUT2D eigenvalue weighted by Crippen LogP contribution is 2.22. The summed E-state index contributed by atoms with van der Waals surface area (Å²) in [5.41, 5.74) is 2.50. The van der Waals surface area contributed by atoms with Crippen LogP contribution in [0.25, 0.3) is 0 Å². The second-order valence-corrected chi connectivity index (χ2v) is 11.0. The molecule has 0 fully saturated rings. The van der Waals surface area contributed by atoms with Crippen LogP contribution in [-0.4, -0.2) is 74.0 Å². The molecule has 0 aromatic heterocycles. The maximum Gasteiger partial charge on any atom is 0.300 e. The number of anilines is 1. The number of ether oxygens (including phenoxy) is 2. The van der Waals surface area contributed by atoms with Crippen molar-refractivity contribution in [3.8, 4) is 5.75 Å². The SMILES string of the molecule is CC(=O)O.CS(=O)(=O)Nc1cccc(COCCOCCCCCCCNC[C@H](O)c2ccc(O)c(CO)c2)c1. The van der Waals surface area contributed by atoms with Crippen molar-refractivity contribution in [2.24, 2.45) is 0 Å². The molecule has 2 rings (SSSR count). The normalized spacial score (nSPS) is 11.9. The molecule has 0 bridgehead atoms. The van der Waals surface area contributed by atoms with E-state index in [1.807, 2.05) is 6.07 Å². The second-order valence-electron chi connectivity index (χ2n) is 9.29. The molecule has 0 aliphatic rings. The summed E-state index contributed by atoms with van der Waals surface area (Å²) in [6, 6.07) is 11.9. The van der Waals surface area contributed by atoms with Gasteiger partial charge in [0.1, 0.15) is 5.75 Å². The molecule has 226 valence electrons. The summed E-state index contributed by atoms with van der Waals surface area (Å²) >= 11 is 0. The smallest absolute Gasteiger partial charge is 0.300 e. The van der Waals surface area contributed by atoms with E-state index >= 15 is 0 Å². The predicted molar refractivity (Wildman–Crippen MR) is 154 cm³/mol. The third-order valence-electron chi connectivity index (χ3n) is 5.51. The summed E-state index contributed by atoms with van der Waals surface area (Å²) in [4.78, 5) is 9.00. The van der Waals surface area contributed by atoms with Gasteiger partial charge < -0.3 is 35.2 Å². The first kappa shape index (κ1) is 35.3. The fraction of sp³-hybridized carbons (Fsp3) is 0.536. The summed E-state index contributed by atoms with van der Waals surface area (Å²) in [7, 11) is -3.29. The van der Waals surface area contributed by atoms with Gasteiger partial charge in [-0.05, 0) is 54.8 Å². The third-order valence-corrected chi connectivity index (χ3v) is 6.12. The van der Waals surface area contributed by atoms with Gasteiger partial charge in [0.05, 0.1) is 38.8 Å². The summed E-state index contributed by atoms with van der Waals surface area (Å²) in [5, 5.41) is 39.7. The van der Waals surface area contributed by atoms with Crippen molar-refractivity contribution >= 4 is 21.7 Å². The highest BCUT2D eigenvalue weighted by Gasteiger charge is 2.10. The number of benzene rings is 2. The number of aliphatic hydroxyl groups excluding tert-OH is 2. The monoisotopic (exact) mass is 584 g/mol. The van der Waals surface area contributed by atoms with E-state index in [1.165, 1.54) is 6.07 Å². The van der Waals surface area contributed by atoms with E-state index in [1.54, 1.807) is 30.3 Å². The molecular weight excluding hydrogens is 540 g/mol. The third kappa shape index (κ3) is 17.8. The number of rotatable bonds is 19. The topological polar surface area (TPSA) is 175 Å². The van der Waals surface area contributed by atoms with Crippen molar-refractivity contribution in [2.45, 2.75) is 58.3 Å². The van der Waals surface area contributed by atoms with Gasteiger partial charge in [0.25, 0.3) is 5.97 Å². The minimum absolute atomic E-state index is 0.0321. The number of aromatic hydroxyl groups is 1. The van der Waals surface area contributed by atoms with Crippen LogP contribution in [-0.2, 0) is 37.5 Å². The molecule has 2 aromatic rings. The molecule has 40 heavy (non-hydrogen) atoms. The number of carboxylic acid groups (broad SMARTS) is 1. The van der Waals surface area contributed by atoms with Crippen LogP contribution in [0, 0.1) is 0 Å². The summed E-state index contributed by atoms with van der Waals surface area (Å²) in [6.45, 7) is 4.16. The number of aliphatic hydroxyl groups is 2. The van der Waals surface area contributed by atoms with Crippen LogP contribution in [0.2, 0.25) is 0 Å². The number of carboxylic acids is 1. The highest BCUT2D eigenvalue weighted by molar-refractivity contribution is 7.92. The number of nitrogens with one attached hydrogen (secondary N) is 2. The minimum Gasteiger partial charge on any atom is -0.508 e. The fourth-order valence-corrected chi connectivity index (χ4v) is 4.18. The van der Waals surface area contributed by atoms with E-state index in [4.69, 9.17) is 19.4 Å². The van der Waals surface area contributed by atoms with Crippen molar-refractivity contribution < 1.29 is 43.1 Å². The Morgan fingerprint density at radius 1 is 0.975 bits per heavy atom. The Morgan fingerprint density at radius 2 is 1.65 bits per heavy atom. The molecule has 0 amide bonds. The van der Waals surface area contributed by atoms with Gasteiger partial charge in [0.2, 0.25) is 10.0 Å². The van der Waals surface area contributed by atoms with Crippen molar-refractivity contribution in [3.05, 3.63) is 59.2 Å². The van der Waals surface area contributed by atoms with Crippen LogP contribution < -0.4 is 10.0 Å². The van der Waals surface area contributed by atoms with E-state index in [0.717, 1.165) is 57.4 Å². The molecule has 6 N–H and O–H groups in total. The average Bonchev–Trinajstić information content (AvgIpc) is 2.88. The molecule has 0 spiro atoms.